The molecule has 0 spiro atoms. The van der Waals surface area contributed by atoms with Crippen LogP contribution in [0.4, 0.5) is 0 Å². The van der Waals surface area contributed by atoms with E-state index in [0.717, 1.165) is 12.8 Å². The normalized spacial score (nSPS) is 21.8. The van der Waals surface area contributed by atoms with Gasteiger partial charge in [-0.15, -0.1) is 0 Å². The molecule has 1 aliphatic heterocycles. The second-order valence-corrected chi connectivity index (χ2v) is 7.92. The number of hydrogen-bond donors (Lipinski definition) is 2. The van der Waals surface area contributed by atoms with Gasteiger partial charge in [-0.25, -0.2) is 0 Å². The summed E-state index contributed by atoms with van der Waals surface area (Å²) in [6, 6.07) is 12.5. The maximum atomic E-state index is 13.1. The minimum absolute atomic E-state index is 0.00173. The first-order valence-corrected chi connectivity index (χ1v) is 9.69. The summed E-state index contributed by atoms with van der Waals surface area (Å²) in [5.74, 6) is 0.684. The Kier molecular flexibility index (Phi) is 5.61. The van der Waals surface area contributed by atoms with Gasteiger partial charge in [0.25, 0.3) is 5.91 Å². The lowest BCUT2D eigenvalue weighted by atomic mass is 9.86. The number of benzene rings is 1. The van der Waals surface area contributed by atoms with Gasteiger partial charge in [0.05, 0.1) is 6.54 Å². The summed E-state index contributed by atoms with van der Waals surface area (Å²) in [6.07, 6.45) is 2.32. The minimum Gasteiger partial charge on any atom is -0.463 e. The fraction of sp³-hybridized carbons (Fsp3) is 0.455. The van der Waals surface area contributed by atoms with E-state index in [9.17, 15) is 14.7 Å². The summed E-state index contributed by atoms with van der Waals surface area (Å²) in [5, 5.41) is 13.5. The Bertz CT molecular complexity index is 843. The number of rotatable bonds is 5. The zero-order valence-electron chi connectivity index (χ0n) is 16.7. The molecule has 28 heavy (non-hydrogen) atoms. The van der Waals surface area contributed by atoms with Crippen molar-refractivity contribution in [3.05, 3.63) is 59.5 Å². The maximum absolute atomic E-state index is 13.1. The number of aliphatic hydroxyl groups is 1. The fourth-order valence-corrected chi connectivity index (χ4v) is 3.67. The Labute approximate surface area is 165 Å². The molecule has 0 radical (unpaired) electrons. The van der Waals surface area contributed by atoms with Crippen LogP contribution in [0, 0.1) is 6.92 Å². The lowest BCUT2D eigenvalue weighted by molar-refractivity contribution is -0.134. The Morgan fingerprint density at radius 2 is 1.93 bits per heavy atom. The van der Waals surface area contributed by atoms with Gasteiger partial charge in [-0.1, -0.05) is 18.2 Å². The second kappa shape index (κ2) is 7.80. The van der Waals surface area contributed by atoms with Crippen molar-refractivity contribution in [1.82, 2.24) is 10.2 Å². The van der Waals surface area contributed by atoms with E-state index in [4.69, 9.17) is 4.42 Å². The van der Waals surface area contributed by atoms with E-state index >= 15 is 0 Å². The summed E-state index contributed by atoms with van der Waals surface area (Å²) >= 11 is 0. The molecule has 1 aromatic carbocycles. The van der Waals surface area contributed by atoms with E-state index in [1.54, 1.807) is 49.9 Å². The minimum atomic E-state index is -1.33. The van der Waals surface area contributed by atoms with Crippen LogP contribution in [0.2, 0.25) is 0 Å². The Hall–Kier alpha value is -2.60. The average molecular weight is 384 g/mol. The van der Waals surface area contributed by atoms with Gasteiger partial charge in [0.15, 0.2) is 0 Å². The van der Waals surface area contributed by atoms with Crippen molar-refractivity contribution in [2.75, 3.05) is 13.1 Å². The maximum Gasteiger partial charge on any atom is 0.254 e. The highest BCUT2D eigenvalue weighted by Crippen LogP contribution is 2.30. The zero-order chi connectivity index (χ0) is 20.4. The monoisotopic (exact) mass is 384 g/mol. The fourth-order valence-electron chi connectivity index (χ4n) is 3.67. The third-order valence-electron chi connectivity index (χ3n) is 5.51. The number of amides is 2. The molecule has 1 aliphatic rings. The van der Waals surface area contributed by atoms with E-state index in [1.807, 2.05) is 18.2 Å². The molecule has 3 rings (SSSR count). The van der Waals surface area contributed by atoms with Crippen molar-refractivity contribution < 1.29 is 19.1 Å². The van der Waals surface area contributed by atoms with Gasteiger partial charge < -0.3 is 19.7 Å². The number of likely N-dealkylation sites (tertiary alicyclic amines) is 1. The van der Waals surface area contributed by atoms with Crippen LogP contribution in [-0.4, -0.2) is 40.4 Å². The zero-order valence-corrected chi connectivity index (χ0v) is 16.7. The highest BCUT2D eigenvalue weighted by Gasteiger charge is 2.44. The van der Waals surface area contributed by atoms with E-state index in [-0.39, 0.29) is 18.4 Å². The molecular weight excluding hydrogens is 356 g/mol. The molecule has 2 aromatic rings. The first-order chi connectivity index (χ1) is 13.2. The van der Waals surface area contributed by atoms with Crippen LogP contribution in [0.3, 0.4) is 0 Å². The predicted molar refractivity (Wildman–Crippen MR) is 106 cm³/mol. The molecular formula is C22H28N2O4. The summed E-state index contributed by atoms with van der Waals surface area (Å²) in [5.41, 5.74) is -1.72. The van der Waals surface area contributed by atoms with E-state index in [1.165, 1.54) is 0 Å². The van der Waals surface area contributed by atoms with Gasteiger partial charge in [-0.3, -0.25) is 9.59 Å². The molecule has 6 heteroatoms. The second-order valence-electron chi connectivity index (χ2n) is 7.92. The smallest absolute Gasteiger partial charge is 0.254 e. The quantitative estimate of drug-likeness (QED) is 0.830. The first kappa shape index (κ1) is 20.1. The molecule has 1 saturated heterocycles. The molecule has 0 aliphatic carbocycles. The van der Waals surface area contributed by atoms with Gasteiger partial charge >= 0.3 is 0 Å². The van der Waals surface area contributed by atoms with Crippen LogP contribution < -0.4 is 5.32 Å². The largest absolute Gasteiger partial charge is 0.463 e. The predicted octanol–water partition coefficient (Wildman–Crippen LogP) is 3.00. The van der Waals surface area contributed by atoms with Crippen molar-refractivity contribution in [1.29, 1.82) is 0 Å². The molecule has 6 nitrogen and oxygen atoms in total. The molecule has 0 saturated carbocycles. The van der Waals surface area contributed by atoms with Gasteiger partial charge in [0.2, 0.25) is 5.91 Å². The lowest BCUT2D eigenvalue weighted by Crippen LogP contribution is -2.61. The van der Waals surface area contributed by atoms with Crippen LogP contribution in [0.25, 0.3) is 0 Å². The number of piperidine rings is 1. The summed E-state index contributed by atoms with van der Waals surface area (Å²) < 4.78 is 5.50. The molecule has 2 heterocycles. The number of furan rings is 1. The SMILES string of the molecule is Cc1ccc([C@](C)(O)CNC(=O)[C@@]2(C)CCCCN2C(=O)c2ccccc2)o1. The van der Waals surface area contributed by atoms with Crippen molar-refractivity contribution in [3.63, 3.8) is 0 Å². The molecule has 2 amide bonds. The topological polar surface area (TPSA) is 82.8 Å². The molecule has 2 atom stereocenters. The standard InChI is InChI=1S/C22H28N2O4/c1-16-11-12-18(28-16)22(3,27)15-23-20(26)21(2)13-7-8-14-24(21)19(25)17-9-5-4-6-10-17/h4-6,9-12,27H,7-8,13-15H2,1-3H3,(H,23,26)/t21-,22-/m1/s1. The third-order valence-corrected chi connectivity index (χ3v) is 5.51. The van der Waals surface area contributed by atoms with E-state index in [2.05, 4.69) is 5.32 Å². The molecule has 1 aromatic heterocycles. The van der Waals surface area contributed by atoms with E-state index in [0.29, 0.717) is 30.0 Å². The number of aryl methyl sites for hydroxylation is 1. The average Bonchev–Trinajstić information content (AvgIpc) is 3.14. The van der Waals surface area contributed by atoms with E-state index < -0.39 is 11.1 Å². The van der Waals surface area contributed by atoms with Crippen LogP contribution in [0.15, 0.2) is 46.9 Å². The Balaban J connectivity index is 1.75. The Morgan fingerprint density at radius 3 is 2.57 bits per heavy atom. The summed E-state index contributed by atoms with van der Waals surface area (Å²) in [4.78, 5) is 27.8. The highest BCUT2D eigenvalue weighted by atomic mass is 16.4. The molecule has 1 fully saturated rings. The van der Waals surface area contributed by atoms with Crippen LogP contribution >= 0.6 is 0 Å². The van der Waals surface area contributed by atoms with Gasteiger partial charge in [0.1, 0.15) is 22.7 Å². The lowest BCUT2D eigenvalue weighted by Gasteiger charge is -2.44. The molecule has 0 bridgehead atoms. The van der Waals surface area contributed by atoms with Crippen molar-refractivity contribution in [2.24, 2.45) is 0 Å². The van der Waals surface area contributed by atoms with Gasteiger partial charge in [0, 0.05) is 12.1 Å². The number of nitrogens with one attached hydrogen (secondary N) is 1. The first-order valence-electron chi connectivity index (χ1n) is 9.69. The number of hydrogen-bond acceptors (Lipinski definition) is 4. The van der Waals surface area contributed by atoms with Crippen LogP contribution in [0.1, 0.15) is 55.0 Å². The van der Waals surface area contributed by atoms with Gasteiger partial charge in [-0.2, -0.15) is 0 Å². The third kappa shape index (κ3) is 3.97. The number of carbonyl (C=O) groups is 2. The van der Waals surface area contributed by atoms with Crippen LogP contribution in [0.5, 0.6) is 0 Å². The molecule has 0 unspecified atom stereocenters. The highest BCUT2D eigenvalue weighted by molar-refractivity contribution is 5.99. The number of carbonyl (C=O) groups excluding carboxylic acids is 2. The van der Waals surface area contributed by atoms with Crippen LogP contribution in [-0.2, 0) is 10.4 Å². The van der Waals surface area contributed by atoms with Crippen molar-refractivity contribution in [3.8, 4) is 0 Å². The van der Waals surface area contributed by atoms with Crippen molar-refractivity contribution >= 4 is 11.8 Å². The Morgan fingerprint density at radius 1 is 1.21 bits per heavy atom. The number of nitrogens with zero attached hydrogens (tertiary/aromatic N) is 1. The van der Waals surface area contributed by atoms with Crippen molar-refractivity contribution in [2.45, 2.75) is 51.2 Å². The molecule has 2 N–H and O–H groups in total. The summed E-state index contributed by atoms with van der Waals surface area (Å²) in [6.45, 7) is 5.73. The van der Waals surface area contributed by atoms with Gasteiger partial charge in [-0.05, 0) is 64.3 Å². The molecule has 150 valence electrons. The summed E-state index contributed by atoms with van der Waals surface area (Å²) in [7, 11) is 0.